The van der Waals surface area contributed by atoms with Crippen LogP contribution in [0, 0.1) is 5.92 Å². The van der Waals surface area contributed by atoms with Crippen LogP contribution in [0.15, 0.2) is 42.5 Å². The predicted molar refractivity (Wildman–Crippen MR) is 96.2 cm³/mol. The van der Waals surface area contributed by atoms with Gasteiger partial charge in [0.25, 0.3) is 5.91 Å². The topological polar surface area (TPSA) is 90.7 Å². The third-order valence-electron chi connectivity index (χ3n) is 4.67. The van der Waals surface area contributed by atoms with Crippen molar-refractivity contribution in [3.8, 4) is 0 Å². The molecule has 2 heterocycles. The SMILES string of the molecule is O=C(O)c1cccc(C(=O)N2CCC(C(O)c3ccc(Cl)cc3)CC2)n1. The predicted octanol–water partition coefficient (Wildman–Crippen LogP) is 3.02. The van der Waals surface area contributed by atoms with E-state index in [0.717, 1.165) is 5.56 Å². The van der Waals surface area contributed by atoms with Gasteiger partial charge in [-0.1, -0.05) is 29.8 Å². The Balaban J connectivity index is 1.62. The van der Waals surface area contributed by atoms with Crippen molar-refractivity contribution in [3.05, 3.63) is 64.4 Å². The van der Waals surface area contributed by atoms with Crippen molar-refractivity contribution >= 4 is 23.5 Å². The minimum Gasteiger partial charge on any atom is -0.477 e. The van der Waals surface area contributed by atoms with E-state index >= 15 is 0 Å². The van der Waals surface area contributed by atoms with Crippen LogP contribution in [0.5, 0.6) is 0 Å². The van der Waals surface area contributed by atoms with E-state index in [-0.39, 0.29) is 23.2 Å². The molecule has 1 aromatic heterocycles. The number of carbonyl (C=O) groups excluding carboxylic acids is 1. The molecule has 0 radical (unpaired) electrons. The largest absolute Gasteiger partial charge is 0.477 e. The number of aromatic nitrogens is 1. The number of carboxylic acid groups (broad SMARTS) is 1. The van der Waals surface area contributed by atoms with E-state index in [1.807, 2.05) is 12.1 Å². The zero-order chi connectivity index (χ0) is 18.7. The summed E-state index contributed by atoms with van der Waals surface area (Å²) in [6.07, 6.45) is 0.723. The lowest BCUT2D eigenvalue weighted by molar-refractivity contribution is 0.0458. The molecular weight excluding hydrogens is 356 g/mol. The van der Waals surface area contributed by atoms with Crippen LogP contribution in [0.2, 0.25) is 5.02 Å². The average Bonchev–Trinajstić information content (AvgIpc) is 2.67. The number of hydrogen-bond acceptors (Lipinski definition) is 4. The molecule has 3 rings (SSSR count). The lowest BCUT2D eigenvalue weighted by atomic mass is 9.87. The molecule has 7 heteroatoms. The number of piperidine rings is 1. The first-order chi connectivity index (χ1) is 12.5. The van der Waals surface area contributed by atoms with E-state index in [0.29, 0.717) is 31.0 Å². The normalized spacial score (nSPS) is 16.3. The molecule has 1 aromatic carbocycles. The summed E-state index contributed by atoms with van der Waals surface area (Å²) in [7, 11) is 0. The fourth-order valence-electron chi connectivity index (χ4n) is 3.19. The molecule has 2 N–H and O–H groups in total. The van der Waals surface area contributed by atoms with Gasteiger partial charge in [-0.25, -0.2) is 9.78 Å². The lowest BCUT2D eigenvalue weighted by Gasteiger charge is -2.34. The summed E-state index contributed by atoms with van der Waals surface area (Å²) in [5.74, 6) is -1.39. The number of aliphatic hydroxyl groups is 1. The van der Waals surface area contributed by atoms with Crippen LogP contribution in [0.1, 0.15) is 45.5 Å². The quantitative estimate of drug-likeness (QED) is 0.858. The molecule has 2 aromatic rings. The molecule has 6 nitrogen and oxygen atoms in total. The number of hydrogen-bond donors (Lipinski definition) is 2. The highest BCUT2D eigenvalue weighted by molar-refractivity contribution is 6.30. The van der Waals surface area contributed by atoms with Crippen molar-refractivity contribution in [3.63, 3.8) is 0 Å². The molecule has 0 aliphatic carbocycles. The second-order valence-electron chi connectivity index (χ2n) is 6.34. The lowest BCUT2D eigenvalue weighted by Crippen LogP contribution is -2.40. The van der Waals surface area contributed by atoms with Crippen molar-refractivity contribution in [1.82, 2.24) is 9.88 Å². The number of carbonyl (C=O) groups is 2. The van der Waals surface area contributed by atoms with Crippen LogP contribution in [0.3, 0.4) is 0 Å². The zero-order valence-corrected chi connectivity index (χ0v) is 14.8. The molecule has 1 fully saturated rings. The van der Waals surface area contributed by atoms with Crippen LogP contribution in [0.25, 0.3) is 0 Å². The monoisotopic (exact) mass is 374 g/mol. The van der Waals surface area contributed by atoms with Crippen LogP contribution in [-0.4, -0.2) is 45.1 Å². The Labute approximate surface area is 156 Å². The van der Waals surface area contributed by atoms with Gasteiger partial charge in [-0.05, 0) is 48.6 Å². The maximum Gasteiger partial charge on any atom is 0.354 e. The molecule has 0 bridgehead atoms. The minimum absolute atomic E-state index is 0.0542. The number of aliphatic hydroxyl groups excluding tert-OH is 1. The fourth-order valence-corrected chi connectivity index (χ4v) is 3.31. The molecule has 136 valence electrons. The molecule has 1 aliphatic rings. The van der Waals surface area contributed by atoms with Crippen molar-refractivity contribution in [2.45, 2.75) is 18.9 Å². The summed E-state index contributed by atoms with van der Waals surface area (Å²) in [5, 5.41) is 20.2. The van der Waals surface area contributed by atoms with Crippen molar-refractivity contribution < 1.29 is 19.8 Å². The van der Waals surface area contributed by atoms with Gasteiger partial charge in [0.1, 0.15) is 11.4 Å². The van der Waals surface area contributed by atoms with Gasteiger partial charge in [-0.15, -0.1) is 0 Å². The summed E-state index contributed by atoms with van der Waals surface area (Å²) in [5.41, 5.74) is 0.792. The second kappa shape index (κ2) is 7.85. The number of halogens is 1. The fraction of sp³-hybridized carbons (Fsp3) is 0.316. The highest BCUT2D eigenvalue weighted by Crippen LogP contribution is 2.31. The number of aromatic carboxylic acids is 1. The van der Waals surface area contributed by atoms with Crippen molar-refractivity contribution in [2.24, 2.45) is 5.92 Å². The Bertz CT molecular complexity index is 801. The van der Waals surface area contributed by atoms with Crippen LogP contribution in [0.4, 0.5) is 0 Å². The van der Waals surface area contributed by atoms with E-state index in [2.05, 4.69) is 4.98 Å². The van der Waals surface area contributed by atoms with E-state index in [1.54, 1.807) is 17.0 Å². The van der Waals surface area contributed by atoms with Gasteiger partial charge < -0.3 is 15.1 Å². The third kappa shape index (κ3) is 4.03. The van der Waals surface area contributed by atoms with E-state index in [4.69, 9.17) is 16.7 Å². The van der Waals surface area contributed by atoms with Gasteiger partial charge in [-0.3, -0.25) is 4.79 Å². The van der Waals surface area contributed by atoms with E-state index in [1.165, 1.54) is 18.2 Å². The maximum absolute atomic E-state index is 12.6. The number of nitrogens with zero attached hydrogens (tertiary/aromatic N) is 2. The highest BCUT2D eigenvalue weighted by atomic mass is 35.5. The summed E-state index contributed by atoms with van der Waals surface area (Å²) in [6.45, 7) is 0.986. The zero-order valence-electron chi connectivity index (χ0n) is 14.0. The Morgan fingerprint density at radius 3 is 2.31 bits per heavy atom. The Hall–Kier alpha value is -2.44. The molecule has 0 saturated carbocycles. The molecule has 1 unspecified atom stereocenters. The van der Waals surface area contributed by atoms with Gasteiger partial charge in [0.15, 0.2) is 0 Å². The maximum atomic E-state index is 12.6. The van der Waals surface area contributed by atoms with Gasteiger partial charge in [-0.2, -0.15) is 0 Å². The van der Waals surface area contributed by atoms with Crippen LogP contribution < -0.4 is 0 Å². The first-order valence-corrected chi connectivity index (χ1v) is 8.76. The third-order valence-corrected chi connectivity index (χ3v) is 4.92. The number of carboxylic acids is 1. The molecule has 1 aliphatic heterocycles. The summed E-state index contributed by atoms with van der Waals surface area (Å²) in [6, 6.07) is 11.5. The number of likely N-dealkylation sites (tertiary alicyclic amines) is 1. The highest BCUT2D eigenvalue weighted by Gasteiger charge is 2.29. The minimum atomic E-state index is -1.16. The molecule has 0 spiro atoms. The van der Waals surface area contributed by atoms with Crippen molar-refractivity contribution in [2.75, 3.05) is 13.1 Å². The number of amides is 1. The number of rotatable bonds is 4. The Kier molecular flexibility index (Phi) is 5.54. The summed E-state index contributed by atoms with van der Waals surface area (Å²) < 4.78 is 0. The first-order valence-electron chi connectivity index (χ1n) is 8.39. The first kappa shape index (κ1) is 18.4. The Morgan fingerprint density at radius 2 is 1.69 bits per heavy atom. The van der Waals surface area contributed by atoms with Gasteiger partial charge in [0.05, 0.1) is 6.10 Å². The van der Waals surface area contributed by atoms with Gasteiger partial charge in [0, 0.05) is 18.1 Å². The molecule has 26 heavy (non-hydrogen) atoms. The molecule has 1 atom stereocenters. The van der Waals surface area contributed by atoms with Crippen molar-refractivity contribution in [1.29, 1.82) is 0 Å². The van der Waals surface area contributed by atoms with Crippen LogP contribution >= 0.6 is 11.6 Å². The molecular formula is C19H19ClN2O4. The summed E-state index contributed by atoms with van der Waals surface area (Å²) in [4.78, 5) is 29.1. The standard InChI is InChI=1S/C19H19ClN2O4/c20-14-6-4-12(5-7-14)17(23)13-8-10-22(11-9-13)18(24)15-2-1-3-16(21-15)19(25)26/h1-7,13,17,23H,8-11H2,(H,25,26). The van der Waals surface area contributed by atoms with E-state index < -0.39 is 12.1 Å². The average molecular weight is 375 g/mol. The number of pyridine rings is 1. The van der Waals surface area contributed by atoms with E-state index in [9.17, 15) is 14.7 Å². The van der Waals surface area contributed by atoms with Gasteiger partial charge >= 0.3 is 5.97 Å². The van der Waals surface area contributed by atoms with Crippen LogP contribution in [-0.2, 0) is 0 Å². The molecule has 1 saturated heterocycles. The smallest absolute Gasteiger partial charge is 0.354 e. The summed E-state index contributed by atoms with van der Waals surface area (Å²) >= 11 is 5.88. The number of benzene rings is 1. The van der Waals surface area contributed by atoms with Gasteiger partial charge in [0.2, 0.25) is 0 Å². The second-order valence-corrected chi connectivity index (χ2v) is 6.78. The molecule has 1 amide bonds. The Morgan fingerprint density at radius 1 is 1.08 bits per heavy atom.